The van der Waals surface area contributed by atoms with Crippen molar-refractivity contribution in [2.75, 3.05) is 6.61 Å². The van der Waals surface area contributed by atoms with Crippen molar-refractivity contribution in [1.82, 2.24) is 4.98 Å². The quantitative estimate of drug-likeness (QED) is 0.611. The largest absolute Gasteiger partial charge is 0.494 e. The van der Waals surface area contributed by atoms with E-state index in [1.54, 1.807) is 6.20 Å². The lowest BCUT2D eigenvalue weighted by Crippen LogP contribution is -1.95. The van der Waals surface area contributed by atoms with Gasteiger partial charge in [-0.1, -0.05) is 19.3 Å². The zero-order valence-corrected chi connectivity index (χ0v) is 13.0. The predicted molar refractivity (Wildman–Crippen MR) is 84.8 cm³/mol. The van der Waals surface area contributed by atoms with Crippen molar-refractivity contribution in [1.29, 1.82) is 0 Å². The van der Waals surface area contributed by atoms with Gasteiger partial charge in [0.2, 0.25) is 0 Å². The van der Waals surface area contributed by atoms with Crippen LogP contribution in [0.2, 0.25) is 0 Å². The third kappa shape index (κ3) is 4.71. The normalized spacial score (nSPS) is 9.70. The van der Waals surface area contributed by atoms with Gasteiger partial charge in [0.25, 0.3) is 0 Å². The Kier molecular flexibility index (Phi) is 5.64. The molecule has 0 N–H and O–H groups in total. The van der Waals surface area contributed by atoms with Crippen LogP contribution in [0.3, 0.4) is 0 Å². The summed E-state index contributed by atoms with van der Waals surface area (Å²) in [4.78, 5) is 4.22. The number of pyridine rings is 1. The summed E-state index contributed by atoms with van der Waals surface area (Å²) in [6, 6.07) is 11.7. The molecule has 1 aromatic heterocycles. The molecule has 0 aliphatic heterocycles. The van der Waals surface area contributed by atoms with Gasteiger partial charge in [0.1, 0.15) is 11.4 Å². The highest BCUT2D eigenvalue weighted by Crippen LogP contribution is 2.12. The first-order valence-electron chi connectivity index (χ1n) is 6.64. The standard InChI is InChI=1S/C17H16BrNO/c1-2-3-12-20-17-10-5-14(6-11-17)4-8-16-9-7-15(18)13-19-16/h5-7,9-11,13H,2-3,12H2,1H3. The molecular weight excluding hydrogens is 314 g/mol. The Hall–Kier alpha value is -1.79. The van der Waals surface area contributed by atoms with E-state index in [2.05, 4.69) is 39.7 Å². The average Bonchev–Trinajstić information content (AvgIpc) is 2.48. The molecule has 20 heavy (non-hydrogen) atoms. The van der Waals surface area contributed by atoms with Crippen molar-refractivity contribution >= 4 is 15.9 Å². The molecule has 0 aliphatic rings. The van der Waals surface area contributed by atoms with E-state index in [1.807, 2.05) is 36.4 Å². The summed E-state index contributed by atoms with van der Waals surface area (Å²) in [5, 5.41) is 0. The molecule has 0 bridgehead atoms. The third-order valence-electron chi connectivity index (χ3n) is 2.68. The van der Waals surface area contributed by atoms with Crippen LogP contribution in [-0.4, -0.2) is 11.6 Å². The summed E-state index contributed by atoms with van der Waals surface area (Å²) in [5.74, 6) is 7.02. The Morgan fingerprint density at radius 3 is 2.55 bits per heavy atom. The Morgan fingerprint density at radius 1 is 1.10 bits per heavy atom. The minimum atomic E-state index is 0.761. The van der Waals surface area contributed by atoms with Gasteiger partial charge in [-0.25, -0.2) is 4.98 Å². The zero-order valence-electron chi connectivity index (χ0n) is 11.4. The van der Waals surface area contributed by atoms with Gasteiger partial charge in [0, 0.05) is 16.2 Å². The van der Waals surface area contributed by atoms with Crippen molar-refractivity contribution in [3.63, 3.8) is 0 Å². The van der Waals surface area contributed by atoms with Gasteiger partial charge in [0.05, 0.1) is 6.61 Å². The second-order valence-electron chi connectivity index (χ2n) is 4.34. The van der Waals surface area contributed by atoms with Gasteiger partial charge in [-0.3, -0.25) is 0 Å². The lowest BCUT2D eigenvalue weighted by atomic mass is 10.2. The van der Waals surface area contributed by atoms with E-state index in [4.69, 9.17) is 4.74 Å². The molecule has 2 nitrogen and oxygen atoms in total. The third-order valence-corrected chi connectivity index (χ3v) is 3.15. The molecule has 2 aromatic rings. The summed E-state index contributed by atoms with van der Waals surface area (Å²) in [6.45, 7) is 2.92. The Labute approximate surface area is 128 Å². The molecule has 0 fully saturated rings. The molecule has 3 heteroatoms. The molecule has 2 rings (SSSR count). The second kappa shape index (κ2) is 7.72. The molecule has 0 aliphatic carbocycles. The van der Waals surface area contributed by atoms with Crippen LogP contribution in [0.5, 0.6) is 5.75 Å². The van der Waals surface area contributed by atoms with Crippen LogP contribution in [0.25, 0.3) is 0 Å². The molecule has 0 amide bonds. The minimum absolute atomic E-state index is 0.761. The number of nitrogens with zero attached hydrogens (tertiary/aromatic N) is 1. The van der Waals surface area contributed by atoms with E-state index in [1.165, 1.54) is 0 Å². The summed E-state index contributed by atoms with van der Waals surface area (Å²) in [6.07, 6.45) is 3.97. The number of halogens is 1. The Balaban J connectivity index is 1.98. The van der Waals surface area contributed by atoms with Crippen LogP contribution in [-0.2, 0) is 0 Å². The maximum atomic E-state index is 5.61. The Bertz CT molecular complexity index is 594. The second-order valence-corrected chi connectivity index (χ2v) is 5.25. The Morgan fingerprint density at radius 2 is 1.90 bits per heavy atom. The van der Waals surface area contributed by atoms with Crippen LogP contribution >= 0.6 is 15.9 Å². The predicted octanol–water partition coefficient (Wildman–Crippen LogP) is 4.42. The van der Waals surface area contributed by atoms with E-state index in [-0.39, 0.29) is 0 Å². The van der Waals surface area contributed by atoms with Crippen molar-refractivity contribution in [3.8, 4) is 17.6 Å². The highest BCUT2D eigenvalue weighted by atomic mass is 79.9. The summed E-state index contributed by atoms with van der Waals surface area (Å²) in [7, 11) is 0. The SMILES string of the molecule is CCCCOc1ccc(C#Cc2ccc(Br)cn2)cc1. The molecule has 1 aromatic carbocycles. The number of unbranched alkanes of at least 4 members (excludes halogenated alkanes) is 1. The number of hydrogen-bond donors (Lipinski definition) is 0. The van der Waals surface area contributed by atoms with E-state index in [0.29, 0.717) is 0 Å². The monoisotopic (exact) mass is 329 g/mol. The molecular formula is C17H16BrNO. The van der Waals surface area contributed by atoms with Crippen LogP contribution in [0.1, 0.15) is 31.0 Å². The molecule has 0 unspecified atom stereocenters. The molecule has 0 saturated heterocycles. The van der Waals surface area contributed by atoms with E-state index in [0.717, 1.165) is 40.9 Å². The summed E-state index contributed by atoms with van der Waals surface area (Å²) >= 11 is 3.35. The average molecular weight is 330 g/mol. The van der Waals surface area contributed by atoms with Crippen molar-refractivity contribution in [2.24, 2.45) is 0 Å². The van der Waals surface area contributed by atoms with Crippen LogP contribution < -0.4 is 4.74 Å². The molecule has 1 heterocycles. The van der Waals surface area contributed by atoms with E-state index < -0.39 is 0 Å². The van der Waals surface area contributed by atoms with E-state index in [9.17, 15) is 0 Å². The number of ether oxygens (including phenoxy) is 1. The number of benzene rings is 1. The smallest absolute Gasteiger partial charge is 0.119 e. The van der Waals surface area contributed by atoms with Gasteiger partial charge in [-0.05, 0) is 64.7 Å². The maximum absolute atomic E-state index is 5.61. The summed E-state index contributed by atoms with van der Waals surface area (Å²) < 4.78 is 6.57. The first kappa shape index (κ1) is 14.6. The van der Waals surface area contributed by atoms with Crippen LogP contribution in [0.15, 0.2) is 47.1 Å². The first-order valence-corrected chi connectivity index (χ1v) is 7.43. The van der Waals surface area contributed by atoms with Crippen LogP contribution in [0.4, 0.5) is 0 Å². The highest BCUT2D eigenvalue weighted by molar-refractivity contribution is 9.10. The molecule has 0 spiro atoms. The van der Waals surface area contributed by atoms with Gasteiger partial charge in [-0.2, -0.15) is 0 Å². The zero-order chi connectivity index (χ0) is 14.2. The number of rotatable bonds is 4. The van der Waals surface area contributed by atoms with Gasteiger partial charge in [-0.15, -0.1) is 0 Å². The van der Waals surface area contributed by atoms with Crippen molar-refractivity contribution < 1.29 is 4.74 Å². The lowest BCUT2D eigenvalue weighted by molar-refractivity contribution is 0.309. The molecule has 0 atom stereocenters. The molecule has 0 radical (unpaired) electrons. The van der Waals surface area contributed by atoms with Crippen molar-refractivity contribution in [3.05, 3.63) is 58.3 Å². The maximum Gasteiger partial charge on any atom is 0.119 e. The van der Waals surface area contributed by atoms with Gasteiger partial charge >= 0.3 is 0 Å². The number of aromatic nitrogens is 1. The fourth-order valence-electron chi connectivity index (χ4n) is 1.55. The highest BCUT2D eigenvalue weighted by Gasteiger charge is 1.94. The fourth-order valence-corrected chi connectivity index (χ4v) is 1.79. The number of hydrogen-bond acceptors (Lipinski definition) is 2. The van der Waals surface area contributed by atoms with Gasteiger partial charge < -0.3 is 4.74 Å². The molecule has 102 valence electrons. The first-order chi connectivity index (χ1) is 9.78. The molecule has 0 saturated carbocycles. The van der Waals surface area contributed by atoms with Gasteiger partial charge in [0.15, 0.2) is 0 Å². The summed E-state index contributed by atoms with van der Waals surface area (Å²) in [5.41, 5.74) is 1.72. The topological polar surface area (TPSA) is 22.1 Å². The van der Waals surface area contributed by atoms with E-state index >= 15 is 0 Å². The van der Waals surface area contributed by atoms with Crippen LogP contribution in [0, 0.1) is 11.8 Å². The fraction of sp³-hybridized carbons (Fsp3) is 0.235. The lowest BCUT2D eigenvalue weighted by Gasteiger charge is -2.04. The van der Waals surface area contributed by atoms with Crippen molar-refractivity contribution in [2.45, 2.75) is 19.8 Å². The minimum Gasteiger partial charge on any atom is -0.494 e.